The van der Waals surface area contributed by atoms with Gasteiger partial charge in [-0.25, -0.2) is 4.98 Å². The molecule has 3 aromatic rings. The molecule has 0 spiro atoms. The number of imidazole rings is 1. The van der Waals surface area contributed by atoms with Crippen LogP contribution in [0, 0.1) is 0 Å². The number of hydrogen-bond acceptors (Lipinski definition) is 4. The highest BCUT2D eigenvalue weighted by Crippen LogP contribution is 2.44. The molecule has 1 unspecified atom stereocenters. The summed E-state index contributed by atoms with van der Waals surface area (Å²) in [4.78, 5) is 46.0. The summed E-state index contributed by atoms with van der Waals surface area (Å²) in [6, 6.07) is 12.5. The molecule has 1 aromatic heterocycles. The van der Waals surface area contributed by atoms with Crippen LogP contribution in [0.3, 0.4) is 0 Å². The molecule has 1 fully saturated rings. The first-order valence-electron chi connectivity index (χ1n) is 11.2. The Bertz CT molecular complexity index is 1280. The second-order valence-corrected chi connectivity index (χ2v) is 9.12. The molecule has 1 N–H and O–H groups in total. The highest BCUT2D eigenvalue weighted by molar-refractivity contribution is 6.32. The number of benzene rings is 2. The molecule has 1 saturated heterocycles. The van der Waals surface area contributed by atoms with Gasteiger partial charge in [0.15, 0.2) is 0 Å². The number of carbonyl (C=O) groups is 3. The Kier molecular flexibility index (Phi) is 5.61. The van der Waals surface area contributed by atoms with Crippen molar-refractivity contribution in [2.45, 2.75) is 38.3 Å². The Morgan fingerprint density at radius 3 is 2.76 bits per heavy atom. The fourth-order valence-electron chi connectivity index (χ4n) is 4.86. The van der Waals surface area contributed by atoms with E-state index in [1.807, 2.05) is 25.1 Å². The van der Waals surface area contributed by atoms with Crippen molar-refractivity contribution in [1.29, 1.82) is 0 Å². The van der Waals surface area contributed by atoms with Gasteiger partial charge in [-0.05, 0) is 50.1 Å². The van der Waals surface area contributed by atoms with E-state index in [0.717, 1.165) is 5.69 Å². The van der Waals surface area contributed by atoms with Gasteiger partial charge in [0.25, 0.3) is 5.91 Å². The number of para-hydroxylation sites is 1. The summed E-state index contributed by atoms with van der Waals surface area (Å²) >= 11 is 6.37. The zero-order valence-corrected chi connectivity index (χ0v) is 19.5. The first-order chi connectivity index (χ1) is 16.4. The third-order valence-electron chi connectivity index (χ3n) is 6.55. The zero-order chi connectivity index (χ0) is 23.9. The highest BCUT2D eigenvalue weighted by Gasteiger charge is 2.52. The van der Waals surface area contributed by atoms with Gasteiger partial charge in [-0.15, -0.1) is 0 Å². The summed E-state index contributed by atoms with van der Waals surface area (Å²) in [5.41, 5.74) is 1.84. The normalized spacial score (nSPS) is 19.2. The number of hydrogen-bond donors (Lipinski definition) is 1. The number of nitrogens with one attached hydrogen (secondary N) is 1. The molecule has 0 bridgehead atoms. The molecule has 1 atom stereocenters. The van der Waals surface area contributed by atoms with E-state index in [0.29, 0.717) is 47.8 Å². The first-order valence-corrected chi connectivity index (χ1v) is 11.6. The smallest absolute Gasteiger partial charge is 0.257 e. The zero-order valence-electron chi connectivity index (χ0n) is 18.7. The number of anilines is 2. The molecule has 174 valence electrons. The molecule has 2 aliphatic rings. The van der Waals surface area contributed by atoms with Crippen LogP contribution in [0.1, 0.15) is 43.0 Å². The average molecular weight is 478 g/mol. The molecule has 2 aliphatic heterocycles. The Labute approximate surface area is 202 Å². The van der Waals surface area contributed by atoms with Crippen LogP contribution >= 0.6 is 11.6 Å². The quantitative estimate of drug-likeness (QED) is 0.575. The summed E-state index contributed by atoms with van der Waals surface area (Å²) in [6.45, 7) is 2.30. The van der Waals surface area contributed by atoms with Crippen molar-refractivity contribution < 1.29 is 14.4 Å². The van der Waals surface area contributed by atoms with Crippen molar-refractivity contribution in [1.82, 2.24) is 14.5 Å². The topological polar surface area (TPSA) is 87.5 Å². The maximum Gasteiger partial charge on any atom is 0.257 e. The highest BCUT2D eigenvalue weighted by atomic mass is 35.5. The van der Waals surface area contributed by atoms with E-state index in [9.17, 15) is 14.4 Å². The second kappa shape index (κ2) is 8.61. The van der Waals surface area contributed by atoms with Gasteiger partial charge in [0.2, 0.25) is 11.8 Å². The lowest BCUT2D eigenvalue weighted by Gasteiger charge is -2.48. The van der Waals surface area contributed by atoms with Gasteiger partial charge in [0.1, 0.15) is 5.66 Å². The maximum atomic E-state index is 13.3. The summed E-state index contributed by atoms with van der Waals surface area (Å²) in [5.74, 6) is -0.256. The Hall–Kier alpha value is -3.65. The third-order valence-corrected chi connectivity index (χ3v) is 6.85. The monoisotopic (exact) mass is 477 g/mol. The molecule has 3 amide bonds. The molecule has 8 nitrogen and oxygen atoms in total. The minimum absolute atomic E-state index is 0.0150. The van der Waals surface area contributed by atoms with E-state index >= 15 is 0 Å². The van der Waals surface area contributed by atoms with Crippen LogP contribution in [0.5, 0.6) is 0 Å². The predicted molar refractivity (Wildman–Crippen MR) is 129 cm³/mol. The molecule has 0 saturated carbocycles. The van der Waals surface area contributed by atoms with Gasteiger partial charge in [-0.2, -0.15) is 0 Å². The van der Waals surface area contributed by atoms with Gasteiger partial charge in [0, 0.05) is 37.5 Å². The standard InChI is InChI=1S/C25H24ClN5O3/c1-25-11-10-23(33)31(25)20-6-3-2-5-18(20)24(34)30(25)13-4-7-22(32)28-17-8-9-21(19(26)15-17)29-14-12-27-16-29/h2-3,5-6,8-9,12,14-16H,4,7,10-11,13H2,1H3,(H,28,32). The first kappa shape index (κ1) is 22.2. The molecule has 5 rings (SSSR count). The number of halogens is 1. The van der Waals surface area contributed by atoms with Crippen LogP contribution in [0.2, 0.25) is 5.02 Å². The van der Waals surface area contributed by atoms with E-state index in [-0.39, 0.29) is 24.1 Å². The SMILES string of the molecule is CC12CCC(=O)N1c1ccccc1C(=O)N2CCCC(=O)Nc1ccc(-n2ccnc2)c(Cl)c1. The minimum atomic E-state index is -0.713. The number of rotatable bonds is 6. The lowest BCUT2D eigenvalue weighted by atomic mass is 9.98. The van der Waals surface area contributed by atoms with Crippen molar-refractivity contribution in [3.63, 3.8) is 0 Å². The molecule has 34 heavy (non-hydrogen) atoms. The van der Waals surface area contributed by atoms with Crippen LogP contribution in [-0.4, -0.2) is 44.4 Å². The van der Waals surface area contributed by atoms with Gasteiger partial charge in [-0.3, -0.25) is 19.3 Å². The Morgan fingerprint density at radius 1 is 1.18 bits per heavy atom. The molecular formula is C25H24ClN5O3. The van der Waals surface area contributed by atoms with Crippen LogP contribution < -0.4 is 10.2 Å². The van der Waals surface area contributed by atoms with E-state index in [4.69, 9.17) is 11.6 Å². The lowest BCUT2D eigenvalue weighted by Crippen LogP contribution is -2.62. The number of amides is 3. The Morgan fingerprint density at radius 2 is 2.00 bits per heavy atom. The van der Waals surface area contributed by atoms with Crippen LogP contribution in [0.25, 0.3) is 5.69 Å². The molecule has 9 heteroatoms. The summed E-state index contributed by atoms with van der Waals surface area (Å²) < 4.78 is 1.79. The number of nitrogens with zero attached hydrogens (tertiary/aromatic N) is 4. The third kappa shape index (κ3) is 3.74. The lowest BCUT2D eigenvalue weighted by molar-refractivity contribution is -0.118. The second-order valence-electron chi connectivity index (χ2n) is 8.71. The minimum Gasteiger partial charge on any atom is -0.326 e. The average Bonchev–Trinajstić information content (AvgIpc) is 3.45. The molecule has 0 radical (unpaired) electrons. The summed E-state index contributed by atoms with van der Waals surface area (Å²) in [6.07, 6.45) is 6.77. The van der Waals surface area contributed by atoms with Crippen molar-refractivity contribution in [3.8, 4) is 5.69 Å². The predicted octanol–water partition coefficient (Wildman–Crippen LogP) is 4.24. The molecular weight excluding hydrogens is 454 g/mol. The van der Waals surface area contributed by atoms with E-state index in [1.54, 1.807) is 57.4 Å². The number of aromatic nitrogens is 2. The molecule has 0 aliphatic carbocycles. The van der Waals surface area contributed by atoms with E-state index in [1.165, 1.54) is 0 Å². The van der Waals surface area contributed by atoms with Crippen LogP contribution in [-0.2, 0) is 9.59 Å². The van der Waals surface area contributed by atoms with Crippen molar-refractivity contribution >= 4 is 40.7 Å². The largest absolute Gasteiger partial charge is 0.326 e. The van der Waals surface area contributed by atoms with Gasteiger partial charge >= 0.3 is 0 Å². The van der Waals surface area contributed by atoms with Crippen molar-refractivity contribution in [2.24, 2.45) is 0 Å². The van der Waals surface area contributed by atoms with Crippen molar-refractivity contribution in [3.05, 3.63) is 71.8 Å². The number of fused-ring (bicyclic) bond motifs is 3. The Balaban J connectivity index is 1.24. The number of carbonyl (C=O) groups excluding carboxylic acids is 3. The molecule has 2 aromatic carbocycles. The van der Waals surface area contributed by atoms with Gasteiger partial charge in [0.05, 0.1) is 28.3 Å². The van der Waals surface area contributed by atoms with Gasteiger partial charge < -0.3 is 14.8 Å². The fourth-order valence-corrected chi connectivity index (χ4v) is 5.14. The van der Waals surface area contributed by atoms with Crippen LogP contribution in [0.15, 0.2) is 61.2 Å². The molecule has 3 heterocycles. The van der Waals surface area contributed by atoms with Crippen LogP contribution in [0.4, 0.5) is 11.4 Å². The summed E-state index contributed by atoms with van der Waals surface area (Å²) in [7, 11) is 0. The van der Waals surface area contributed by atoms with Crippen molar-refractivity contribution in [2.75, 3.05) is 16.8 Å². The summed E-state index contributed by atoms with van der Waals surface area (Å²) in [5, 5.41) is 3.36. The van der Waals surface area contributed by atoms with Gasteiger partial charge in [-0.1, -0.05) is 23.7 Å². The van der Waals surface area contributed by atoms with E-state index in [2.05, 4.69) is 10.3 Å². The fraction of sp³-hybridized carbons (Fsp3) is 0.280. The maximum absolute atomic E-state index is 13.3. The van der Waals surface area contributed by atoms with E-state index < -0.39 is 5.66 Å².